The summed E-state index contributed by atoms with van der Waals surface area (Å²) in [5, 5.41) is 15.0. The van der Waals surface area contributed by atoms with Crippen LogP contribution >= 0.6 is 0 Å². The zero-order valence-corrected chi connectivity index (χ0v) is 18.5. The van der Waals surface area contributed by atoms with Crippen molar-refractivity contribution in [3.63, 3.8) is 0 Å². The van der Waals surface area contributed by atoms with Crippen LogP contribution in [-0.4, -0.2) is 47.4 Å². The molecular weight excluding hydrogens is 412 g/mol. The van der Waals surface area contributed by atoms with Gasteiger partial charge in [-0.15, -0.1) is 0 Å². The maximum atomic E-state index is 12.6. The van der Waals surface area contributed by atoms with Crippen molar-refractivity contribution in [3.8, 4) is 0 Å². The highest BCUT2D eigenvalue weighted by atomic mass is 16.6. The van der Waals surface area contributed by atoms with Gasteiger partial charge in [-0.25, -0.2) is 9.59 Å². The first-order valence-electron chi connectivity index (χ1n) is 10.3. The van der Waals surface area contributed by atoms with E-state index in [4.69, 9.17) is 9.47 Å². The summed E-state index contributed by atoms with van der Waals surface area (Å²) in [5.41, 5.74) is 0.891. The molecule has 8 heteroatoms. The summed E-state index contributed by atoms with van der Waals surface area (Å²) in [6.07, 6.45) is -2.14. The van der Waals surface area contributed by atoms with Gasteiger partial charge in [-0.3, -0.25) is 4.79 Å². The van der Waals surface area contributed by atoms with Crippen LogP contribution in [0.3, 0.4) is 0 Å². The van der Waals surface area contributed by atoms with E-state index >= 15 is 0 Å². The Morgan fingerprint density at radius 2 is 1.50 bits per heavy atom. The normalized spacial score (nSPS) is 12.9. The molecule has 0 radical (unpaired) electrons. The number of carbonyl (C=O) groups excluding carboxylic acids is 3. The lowest BCUT2D eigenvalue weighted by Crippen LogP contribution is -2.51. The minimum atomic E-state index is -1.57. The molecule has 2 aromatic carbocycles. The van der Waals surface area contributed by atoms with E-state index < -0.39 is 35.7 Å². The molecular formula is C24H30N2O6. The molecule has 2 aromatic rings. The zero-order valence-electron chi connectivity index (χ0n) is 18.5. The van der Waals surface area contributed by atoms with Crippen molar-refractivity contribution >= 4 is 18.0 Å². The monoisotopic (exact) mass is 442 g/mol. The van der Waals surface area contributed by atoms with Crippen molar-refractivity contribution in [2.75, 3.05) is 6.54 Å². The van der Waals surface area contributed by atoms with E-state index in [-0.39, 0.29) is 19.6 Å². The predicted octanol–water partition coefficient (Wildman–Crippen LogP) is 2.34. The number of hydrogen-bond acceptors (Lipinski definition) is 6. The standard InChI is InChI=1S/C24H30N2O6/c1-24(2,3)32-22(29)19(14-17-10-6-4-7-11-17)26-21(28)20(27)15-25-23(30)31-16-18-12-8-5-9-13-18/h4-13,19-20,27H,14-16H2,1-3H3,(H,25,30)(H,26,28)/t19-,20-/m0/s1. The maximum absolute atomic E-state index is 12.6. The van der Waals surface area contributed by atoms with Crippen LogP contribution in [0.2, 0.25) is 0 Å². The highest BCUT2D eigenvalue weighted by molar-refractivity contribution is 5.87. The van der Waals surface area contributed by atoms with E-state index in [0.29, 0.717) is 0 Å². The lowest BCUT2D eigenvalue weighted by atomic mass is 10.1. The molecule has 0 spiro atoms. The summed E-state index contributed by atoms with van der Waals surface area (Å²) in [7, 11) is 0. The van der Waals surface area contributed by atoms with Crippen LogP contribution in [-0.2, 0) is 32.1 Å². The molecule has 0 aliphatic carbocycles. The smallest absolute Gasteiger partial charge is 0.407 e. The first kappa shape index (κ1) is 24.9. The second kappa shape index (κ2) is 11.9. The molecule has 0 unspecified atom stereocenters. The summed E-state index contributed by atoms with van der Waals surface area (Å²) in [6, 6.07) is 17.2. The van der Waals surface area contributed by atoms with E-state index in [1.54, 1.807) is 32.9 Å². The first-order valence-corrected chi connectivity index (χ1v) is 10.3. The first-order chi connectivity index (χ1) is 15.1. The number of benzene rings is 2. The van der Waals surface area contributed by atoms with E-state index in [2.05, 4.69) is 10.6 Å². The number of amides is 2. The van der Waals surface area contributed by atoms with Crippen LogP contribution in [0, 0.1) is 0 Å². The van der Waals surface area contributed by atoms with Crippen molar-refractivity contribution in [3.05, 3.63) is 71.8 Å². The molecule has 0 heterocycles. The van der Waals surface area contributed by atoms with Crippen molar-refractivity contribution in [2.45, 2.75) is 51.5 Å². The summed E-state index contributed by atoms with van der Waals surface area (Å²) < 4.78 is 10.4. The van der Waals surface area contributed by atoms with E-state index in [1.807, 2.05) is 48.5 Å². The third kappa shape index (κ3) is 9.18. The molecule has 3 N–H and O–H groups in total. The number of ether oxygens (including phenoxy) is 2. The Morgan fingerprint density at radius 1 is 0.938 bits per heavy atom. The number of nitrogens with one attached hydrogen (secondary N) is 2. The minimum absolute atomic E-state index is 0.0623. The Labute approximate surface area is 187 Å². The van der Waals surface area contributed by atoms with Gasteiger partial charge in [-0.2, -0.15) is 0 Å². The Kier molecular flexibility index (Phi) is 9.22. The van der Waals surface area contributed by atoms with E-state index in [9.17, 15) is 19.5 Å². The van der Waals surface area contributed by atoms with Crippen LogP contribution in [0.5, 0.6) is 0 Å². The van der Waals surface area contributed by atoms with Crippen molar-refractivity contribution in [1.82, 2.24) is 10.6 Å². The van der Waals surface area contributed by atoms with Gasteiger partial charge in [0.1, 0.15) is 24.4 Å². The van der Waals surface area contributed by atoms with Crippen molar-refractivity contribution < 1.29 is 29.0 Å². The Balaban J connectivity index is 1.89. The van der Waals surface area contributed by atoms with Gasteiger partial charge in [-0.1, -0.05) is 60.7 Å². The number of hydrogen-bond donors (Lipinski definition) is 3. The Hall–Kier alpha value is -3.39. The molecule has 0 fully saturated rings. The van der Waals surface area contributed by atoms with Crippen LogP contribution in [0.4, 0.5) is 4.79 Å². The Morgan fingerprint density at radius 3 is 2.06 bits per heavy atom. The number of carbonyl (C=O) groups is 3. The number of esters is 1. The molecule has 0 aliphatic rings. The number of aliphatic hydroxyl groups excluding tert-OH is 1. The molecule has 32 heavy (non-hydrogen) atoms. The van der Waals surface area contributed by atoms with Crippen molar-refractivity contribution in [1.29, 1.82) is 0 Å². The summed E-state index contributed by atoms with van der Waals surface area (Å²) in [5.74, 6) is -1.42. The van der Waals surface area contributed by atoms with Gasteiger partial charge in [0.05, 0.1) is 6.54 Å². The van der Waals surface area contributed by atoms with E-state index in [0.717, 1.165) is 11.1 Å². The molecule has 2 rings (SSSR count). The second-order valence-corrected chi connectivity index (χ2v) is 8.24. The minimum Gasteiger partial charge on any atom is -0.458 e. The largest absolute Gasteiger partial charge is 0.458 e. The molecule has 2 amide bonds. The highest BCUT2D eigenvalue weighted by Gasteiger charge is 2.29. The third-order valence-corrected chi connectivity index (χ3v) is 4.25. The predicted molar refractivity (Wildman–Crippen MR) is 119 cm³/mol. The van der Waals surface area contributed by atoms with Gasteiger partial charge in [0.25, 0.3) is 5.91 Å². The molecule has 0 saturated carbocycles. The number of aliphatic hydroxyl groups is 1. The molecule has 0 saturated heterocycles. The fraction of sp³-hybridized carbons (Fsp3) is 0.375. The quantitative estimate of drug-likeness (QED) is 0.514. The topological polar surface area (TPSA) is 114 Å². The second-order valence-electron chi connectivity index (χ2n) is 8.24. The van der Waals surface area contributed by atoms with Crippen LogP contribution < -0.4 is 10.6 Å². The molecule has 2 atom stereocenters. The number of rotatable bonds is 9. The molecule has 0 bridgehead atoms. The zero-order chi connectivity index (χ0) is 23.6. The lowest BCUT2D eigenvalue weighted by molar-refractivity contribution is -0.159. The van der Waals surface area contributed by atoms with Crippen LogP contribution in [0.15, 0.2) is 60.7 Å². The van der Waals surface area contributed by atoms with Gasteiger partial charge >= 0.3 is 12.1 Å². The Bertz CT molecular complexity index is 880. The molecule has 172 valence electrons. The van der Waals surface area contributed by atoms with Gasteiger partial charge in [0, 0.05) is 6.42 Å². The summed E-state index contributed by atoms with van der Waals surface area (Å²) in [4.78, 5) is 36.9. The van der Waals surface area contributed by atoms with Crippen LogP contribution in [0.25, 0.3) is 0 Å². The molecule has 8 nitrogen and oxygen atoms in total. The summed E-state index contributed by atoms with van der Waals surface area (Å²) >= 11 is 0. The fourth-order valence-electron chi connectivity index (χ4n) is 2.73. The van der Waals surface area contributed by atoms with Crippen molar-refractivity contribution in [2.24, 2.45) is 0 Å². The fourth-order valence-corrected chi connectivity index (χ4v) is 2.73. The number of alkyl carbamates (subject to hydrolysis) is 1. The average Bonchev–Trinajstić information content (AvgIpc) is 2.75. The third-order valence-electron chi connectivity index (χ3n) is 4.25. The highest BCUT2D eigenvalue weighted by Crippen LogP contribution is 2.12. The summed E-state index contributed by atoms with van der Waals surface area (Å²) in [6.45, 7) is 4.88. The van der Waals surface area contributed by atoms with Gasteiger partial charge in [0.2, 0.25) is 0 Å². The van der Waals surface area contributed by atoms with Gasteiger partial charge in [-0.05, 0) is 31.9 Å². The van der Waals surface area contributed by atoms with Gasteiger partial charge in [0.15, 0.2) is 0 Å². The molecule has 0 aromatic heterocycles. The average molecular weight is 443 g/mol. The maximum Gasteiger partial charge on any atom is 0.407 e. The SMILES string of the molecule is CC(C)(C)OC(=O)[C@H](Cc1ccccc1)NC(=O)[C@@H](O)CNC(=O)OCc1ccccc1. The lowest BCUT2D eigenvalue weighted by Gasteiger charge is -2.25. The van der Waals surface area contributed by atoms with Crippen LogP contribution in [0.1, 0.15) is 31.9 Å². The molecule has 0 aliphatic heterocycles. The van der Waals surface area contributed by atoms with E-state index in [1.165, 1.54) is 0 Å². The van der Waals surface area contributed by atoms with Gasteiger partial charge < -0.3 is 25.2 Å².